The zero-order chi connectivity index (χ0) is 42.1. The van der Waals surface area contributed by atoms with Gasteiger partial charge in [-0.2, -0.15) is 0 Å². The Bertz CT molecular complexity index is 1090. The lowest BCUT2D eigenvalue weighted by atomic mass is 10.1. The maximum Gasteiger partial charge on any atom is 0.306 e. The molecule has 0 aromatic carbocycles. The molecule has 5 heteroatoms. The van der Waals surface area contributed by atoms with Crippen molar-refractivity contribution in [1.29, 1.82) is 0 Å². The molecule has 0 aliphatic rings. The summed E-state index contributed by atoms with van der Waals surface area (Å²) in [5, 5.41) is 0. The molecular weight excluding hydrogens is 717 g/mol. The molecule has 0 N–H and O–H groups in total. The quantitative estimate of drug-likeness (QED) is 0.0349. The minimum Gasteiger partial charge on any atom is -0.462 e. The molecule has 0 aromatic rings. The normalized spacial score (nSPS) is 12.9. The number of unbranched alkanes of at least 4 members (excludes halogenated alkanes) is 18. The molecule has 0 spiro atoms. The summed E-state index contributed by atoms with van der Waals surface area (Å²) in [6.07, 6.45) is 62.9. The molecule has 0 fully saturated rings. The summed E-state index contributed by atoms with van der Waals surface area (Å²) in [6.45, 7) is 7.56. The molecular formula is C53H90O5. The smallest absolute Gasteiger partial charge is 0.306 e. The Morgan fingerprint density at radius 3 is 1.33 bits per heavy atom. The number of esters is 2. The van der Waals surface area contributed by atoms with Crippen LogP contribution >= 0.6 is 0 Å². The number of carbonyl (C=O) groups excluding carboxylic acids is 2. The molecule has 0 heterocycles. The van der Waals surface area contributed by atoms with Gasteiger partial charge in [-0.25, -0.2) is 0 Å². The Morgan fingerprint density at radius 2 is 0.810 bits per heavy atom. The van der Waals surface area contributed by atoms with Crippen molar-refractivity contribution in [2.45, 2.75) is 219 Å². The van der Waals surface area contributed by atoms with Crippen LogP contribution in [0.3, 0.4) is 0 Å². The molecule has 1 unspecified atom stereocenters. The van der Waals surface area contributed by atoms with Crippen LogP contribution < -0.4 is 0 Å². The summed E-state index contributed by atoms with van der Waals surface area (Å²) in [7, 11) is 0. The lowest BCUT2D eigenvalue weighted by Crippen LogP contribution is -2.30. The molecule has 0 amide bonds. The third-order valence-electron chi connectivity index (χ3n) is 9.87. The van der Waals surface area contributed by atoms with Gasteiger partial charge in [0.2, 0.25) is 0 Å². The van der Waals surface area contributed by atoms with Crippen LogP contribution in [0, 0.1) is 0 Å². The summed E-state index contributed by atoms with van der Waals surface area (Å²) in [4.78, 5) is 25.3. The SMILES string of the molecule is CC/C=C\C/C=C\C/C=C\C/C=C\CCCCCCC(=O)OCC(COCCCCCCCC/C=C\CCCC)OC(=O)CCCCCCC/C=C\C/C=C\CCC. The van der Waals surface area contributed by atoms with E-state index in [0.717, 1.165) is 109 Å². The van der Waals surface area contributed by atoms with Crippen LogP contribution in [0.2, 0.25) is 0 Å². The van der Waals surface area contributed by atoms with Gasteiger partial charge in [-0.3, -0.25) is 9.59 Å². The minimum atomic E-state index is -0.559. The van der Waals surface area contributed by atoms with Crippen molar-refractivity contribution in [1.82, 2.24) is 0 Å². The van der Waals surface area contributed by atoms with Crippen LogP contribution in [-0.2, 0) is 23.8 Å². The zero-order valence-electron chi connectivity index (χ0n) is 38.0. The fourth-order valence-electron chi connectivity index (χ4n) is 6.28. The van der Waals surface area contributed by atoms with Crippen LogP contribution in [0.25, 0.3) is 0 Å². The third-order valence-corrected chi connectivity index (χ3v) is 9.87. The molecule has 0 saturated carbocycles. The van der Waals surface area contributed by atoms with E-state index >= 15 is 0 Å². The molecule has 332 valence electrons. The highest BCUT2D eigenvalue weighted by Gasteiger charge is 2.17. The maximum atomic E-state index is 12.7. The first-order valence-electron chi connectivity index (χ1n) is 24.1. The van der Waals surface area contributed by atoms with Crippen molar-refractivity contribution < 1.29 is 23.8 Å². The van der Waals surface area contributed by atoms with Gasteiger partial charge in [0.05, 0.1) is 6.61 Å². The van der Waals surface area contributed by atoms with E-state index in [0.29, 0.717) is 19.4 Å². The number of ether oxygens (including phenoxy) is 3. The fraction of sp³-hybridized carbons (Fsp3) is 0.698. The Labute approximate surface area is 359 Å². The highest BCUT2D eigenvalue weighted by Crippen LogP contribution is 2.12. The second kappa shape index (κ2) is 48.4. The summed E-state index contributed by atoms with van der Waals surface area (Å²) >= 11 is 0. The van der Waals surface area contributed by atoms with Crippen LogP contribution in [0.4, 0.5) is 0 Å². The van der Waals surface area contributed by atoms with Crippen molar-refractivity contribution in [3.8, 4) is 0 Å². The second-order valence-corrected chi connectivity index (χ2v) is 15.6. The lowest BCUT2D eigenvalue weighted by molar-refractivity contribution is -0.163. The van der Waals surface area contributed by atoms with Gasteiger partial charge < -0.3 is 14.2 Å². The van der Waals surface area contributed by atoms with Crippen LogP contribution in [0.5, 0.6) is 0 Å². The minimum absolute atomic E-state index is 0.0607. The lowest BCUT2D eigenvalue weighted by Gasteiger charge is -2.18. The molecule has 0 bridgehead atoms. The summed E-state index contributed by atoms with van der Waals surface area (Å²) in [6, 6.07) is 0. The average molecular weight is 807 g/mol. The maximum absolute atomic E-state index is 12.7. The first kappa shape index (κ1) is 55.1. The van der Waals surface area contributed by atoms with Crippen molar-refractivity contribution in [2.24, 2.45) is 0 Å². The number of carbonyl (C=O) groups is 2. The highest BCUT2D eigenvalue weighted by molar-refractivity contribution is 5.70. The largest absolute Gasteiger partial charge is 0.462 e. The Balaban J connectivity index is 4.33. The topological polar surface area (TPSA) is 61.8 Å². The Kier molecular flexibility index (Phi) is 46.0. The summed E-state index contributed by atoms with van der Waals surface area (Å²) in [5.74, 6) is -0.448. The Hall–Kier alpha value is -2.92. The van der Waals surface area contributed by atoms with E-state index in [4.69, 9.17) is 14.2 Å². The highest BCUT2D eigenvalue weighted by atomic mass is 16.6. The molecule has 58 heavy (non-hydrogen) atoms. The number of hydrogen-bond acceptors (Lipinski definition) is 5. The van der Waals surface area contributed by atoms with Gasteiger partial charge in [-0.05, 0) is 103 Å². The molecule has 0 rings (SSSR count). The van der Waals surface area contributed by atoms with Crippen molar-refractivity contribution in [3.05, 3.63) is 85.1 Å². The molecule has 0 aliphatic carbocycles. The van der Waals surface area contributed by atoms with Crippen LogP contribution in [0.1, 0.15) is 213 Å². The fourth-order valence-corrected chi connectivity index (χ4v) is 6.28. The van der Waals surface area contributed by atoms with Crippen LogP contribution in [-0.4, -0.2) is 37.9 Å². The van der Waals surface area contributed by atoms with Gasteiger partial charge in [0, 0.05) is 19.4 Å². The van der Waals surface area contributed by atoms with E-state index in [-0.39, 0.29) is 25.2 Å². The van der Waals surface area contributed by atoms with Gasteiger partial charge in [-0.15, -0.1) is 0 Å². The van der Waals surface area contributed by atoms with Gasteiger partial charge in [-0.1, -0.05) is 183 Å². The molecule has 0 aliphatic heterocycles. The predicted octanol–water partition coefficient (Wildman–Crippen LogP) is 16.1. The molecule has 5 nitrogen and oxygen atoms in total. The van der Waals surface area contributed by atoms with Gasteiger partial charge in [0.1, 0.15) is 6.61 Å². The van der Waals surface area contributed by atoms with Crippen molar-refractivity contribution >= 4 is 11.9 Å². The van der Waals surface area contributed by atoms with Crippen molar-refractivity contribution in [3.63, 3.8) is 0 Å². The predicted molar refractivity (Wildman–Crippen MR) is 251 cm³/mol. The first-order chi connectivity index (χ1) is 28.6. The van der Waals surface area contributed by atoms with E-state index < -0.39 is 6.10 Å². The molecule has 1 atom stereocenters. The van der Waals surface area contributed by atoms with E-state index in [9.17, 15) is 9.59 Å². The molecule has 0 aromatic heterocycles. The third kappa shape index (κ3) is 45.8. The monoisotopic (exact) mass is 807 g/mol. The van der Waals surface area contributed by atoms with E-state index in [2.05, 4.69) is 106 Å². The van der Waals surface area contributed by atoms with E-state index in [1.165, 1.54) is 70.6 Å². The van der Waals surface area contributed by atoms with Gasteiger partial charge in [0.25, 0.3) is 0 Å². The molecule has 0 radical (unpaired) electrons. The number of allylic oxidation sites excluding steroid dienone is 14. The van der Waals surface area contributed by atoms with E-state index in [1.807, 2.05) is 0 Å². The number of rotatable bonds is 43. The second-order valence-electron chi connectivity index (χ2n) is 15.6. The van der Waals surface area contributed by atoms with Gasteiger partial charge >= 0.3 is 11.9 Å². The summed E-state index contributed by atoms with van der Waals surface area (Å²) in [5.41, 5.74) is 0. The number of hydrogen-bond donors (Lipinski definition) is 0. The van der Waals surface area contributed by atoms with Crippen LogP contribution in [0.15, 0.2) is 85.1 Å². The first-order valence-corrected chi connectivity index (χ1v) is 24.1. The van der Waals surface area contributed by atoms with E-state index in [1.54, 1.807) is 0 Å². The molecule has 0 saturated heterocycles. The Morgan fingerprint density at radius 1 is 0.397 bits per heavy atom. The summed E-state index contributed by atoms with van der Waals surface area (Å²) < 4.78 is 17.3. The van der Waals surface area contributed by atoms with Gasteiger partial charge in [0.15, 0.2) is 6.10 Å². The standard InChI is InChI=1S/C53H90O5/c1-4-7-10-13-16-19-22-25-26-27-28-30-31-34-37-40-43-46-52(54)57-50-51(49-56-48-45-42-39-36-33-24-21-18-15-12-9-6-3)58-53(55)47-44-41-38-35-32-29-23-20-17-14-11-8-5-2/h7,10-11,14-16,18-20,23,25-26,28,30,51H,4-6,8-9,12-13,17,21-22,24,27,29,31-50H2,1-3H3/b10-7-,14-11-,18-15-,19-16-,23-20-,26-25-,30-28-. The van der Waals surface area contributed by atoms with Crippen molar-refractivity contribution in [2.75, 3.05) is 19.8 Å². The average Bonchev–Trinajstić information content (AvgIpc) is 3.22. The zero-order valence-corrected chi connectivity index (χ0v) is 38.0.